The summed E-state index contributed by atoms with van der Waals surface area (Å²) >= 11 is 1.70. The Labute approximate surface area is 197 Å². The second-order valence-corrected chi connectivity index (χ2v) is 8.95. The van der Waals surface area contributed by atoms with Crippen molar-refractivity contribution in [3.8, 4) is 17.1 Å². The fourth-order valence-electron chi connectivity index (χ4n) is 3.76. The maximum atomic E-state index is 5.52. The van der Waals surface area contributed by atoms with E-state index in [1.165, 1.54) is 5.56 Å². The number of nitrogens with zero attached hydrogens (tertiary/aromatic N) is 6. The molecule has 0 spiro atoms. The summed E-state index contributed by atoms with van der Waals surface area (Å²) in [6.07, 6.45) is 1.62. The van der Waals surface area contributed by atoms with Crippen molar-refractivity contribution in [2.45, 2.75) is 24.9 Å². The van der Waals surface area contributed by atoms with Crippen LogP contribution in [0.1, 0.15) is 17.9 Å². The van der Waals surface area contributed by atoms with E-state index in [2.05, 4.69) is 61.0 Å². The molecule has 0 atom stereocenters. The fourth-order valence-corrected chi connectivity index (χ4v) is 4.65. The van der Waals surface area contributed by atoms with Crippen molar-refractivity contribution in [2.24, 2.45) is 0 Å². The van der Waals surface area contributed by atoms with Crippen molar-refractivity contribution in [3.05, 3.63) is 66.1 Å². The molecule has 2 aromatic heterocycles. The smallest absolute Gasteiger partial charge is 0.232 e. The summed E-state index contributed by atoms with van der Waals surface area (Å²) in [5, 5.41) is 14.1. The van der Waals surface area contributed by atoms with E-state index in [0.717, 1.165) is 54.0 Å². The number of aromatic nitrogens is 5. The molecular formula is C24H26N6O2S. The lowest BCUT2D eigenvalue weighted by Gasteiger charge is -2.28. The van der Waals surface area contributed by atoms with Crippen LogP contribution in [-0.2, 0) is 11.2 Å². The van der Waals surface area contributed by atoms with Crippen molar-refractivity contribution in [1.82, 2.24) is 24.9 Å². The number of morpholine rings is 1. The lowest BCUT2D eigenvalue weighted by Crippen LogP contribution is -2.37. The van der Waals surface area contributed by atoms with Crippen LogP contribution in [-0.4, -0.2) is 57.0 Å². The van der Waals surface area contributed by atoms with Crippen LogP contribution in [0.5, 0.6) is 0 Å². The Balaban J connectivity index is 1.27. The molecule has 1 aliphatic rings. The van der Waals surface area contributed by atoms with Crippen molar-refractivity contribution in [3.63, 3.8) is 0 Å². The van der Waals surface area contributed by atoms with Gasteiger partial charge in [-0.1, -0.05) is 59.4 Å². The van der Waals surface area contributed by atoms with Crippen molar-refractivity contribution < 1.29 is 9.26 Å². The zero-order valence-electron chi connectivity index (χ0n) is 18.6. The number of thioether (sulfide) groups is 1. The zero-order valence-corrected chi connectivity index (χ0v) is 19.4. The third-order valence-corrected chi connectivity index (χ3v) is 6.45. The molecule has 0 bridgehead atoms. The molecule has 0 saturated carbocycles. The van der Waals surface area contributed by atoms with Gasteiger partial charge in [-0.25, -0.2) is 0 Å². The molecule has 1 saturated heterocycles. The van der Waals surface area contributed by atoms with Gasteiger partial charge < -0.3 is 14.2 Å². The fraction of sp³-hybridized carbons (Fsp3) is 0.333. The van der Waals surface area contributed by atoms with E-state index in [4.69, 9.17) is 9.26 Å². The lowest BCUT2D eigenvalue weighted by atomic mass is 10.2. The van der Waals surface area contributed by atoms with Gasteiger partial charge in [0.15, 0.2) is 5.16 Å². The highest BCUT2D eigenvalue weighted by molar-refractivity contribution is 7.99. The zero-order chi connectivity index (χ0) is 22.5. The van der Waals surface area contributed by atoms with E-state index in [9.17, 15) is 0 Å². The molecule has 2 aromatic carbocycles. The maximum absolute atomic E-state index is 5.52. The number of hydrogen-bond donors (Lipinski definition) is 0. The van der Waals surface area contributed by atoms with E-state index in [1.807, 2.05) is 30.3 Å². The second kappa shape index (κ2) is 10.2. The van der Waals surface area contributed by atoms with Crippen LogP contribution in [0.2, 0.25) is 0 Å². The maximum Gasteiger partial charge on any atom is 0.232 e. The number of aryl methyl sites for hydroxylation is 2. The van der Waals surface area contributed by atoms with Crippen LogP contribution in [0.25, 0.3) is 17.1 Å². The summed E-state index contributed by atoms with van der Waals surface area (Å²) < 4.78 is 13.1. The first-order valence-electron chi connectivity index (χ1n) is 11.1. The Kier molecular flexibility index (Phi) is 6.68. The van der Waals surface area contributed by atoms with E-state index in [-0.39, 0.29) is 0 Å². The van der Waals surface area contributed by atoms with Gasteiger partial charge in [0, 0.05) is 30.8 Å². The highest BCUT2D eigenvalue weighted by atomic mass is 32.2. The van der Waals surface area contributed by atoms with E-state index in [1.54, 1.807) is 11.8 Å². The molecule has 5 rings (SSSR count). The molecule has 9 heteroatoms. The quantitative estimate of drug-likeness (QED) is 0.285. The number of hydrogen-bond acceptors (Lipinski definition) is 8. The molecule has 0 amide bonds. The van der Waals surface area contributed by atoms with Gasteiger partial charge in [0.2, 0.25) is 17.7 Å². The summed E-state index contributed by atoms with van der Waals surface area (Å²) in [7, 11) is 0. The minimum Gasteiger partial charge on any atom is -0.378 e. The Morgan fingerprint density at radius 1 is 1.00 bits per heavy atom. The van der Waals surface area contributed by atoms with Gasteiger partial charge in [-0.2, -0.15) is 4.98 Å². The van der Waals surface area contributed by atoms with Crippen molar-refractivity contribution >= 4 is 17.7 Å². The molecular weight excluding hydrogens is 436 g/mol. The molecule has 0 unspecified atom stereocenters. The topological polar surface area (TPSA) is 82.1 Å². The minimum atomic E-state index is 0.632. The van der Waals surface area contributed by atoms with Gasteiger partial charge in [-0.15, -0.1) is 10.2 Å². The largest absolute Gasteiger partial charge is 0.378 e. The second-order valence-electron chi connectivity index (χ2n) is 7.89. The SMILES string of the molecule is Cc1cccc(-n2c(SCCCc3nc(-c4ccccc4)no3)nnc2N2CCOCC2)c1. The summed E-state index contributed by atoms with van der Waals surface area (Å²) in [5.74, 6) is 3.03. The molecule has 0 aliphatic carbocycles. The Morgan fingerprint density at radius 2 is 1.85 bits per heavy atom. The van der Waals surface area contributed by atoms with Crippen LogP contribution in [0, 0.1) is 6.92 Å². The van der Waals surface area contributed by atoms with Crippen LogP contribution in [0.4, 0.5) is 5.95 Å². The van der Waals surface area contributed by atoms with E-state index < -0.39 is 0 Å². The van der Waals surface area contributed by atoms with Gasteiger partial charge in [0.1, 0.15) is 0 Å². The minimum absolute atomic E-state index is 0.632. The summed E-state index contributed by atoms with van der Waals surface area (Å²) in [5.41, 5.74) is 3.24. The highest BCUT2D eigenvalue weighted by Crippen LogP contribution is 2.28. The standard InChI is InChI=1S/C24H26N6O2S/c1-18-7-5-10-20(17-18)30-23(29-12-14-31-15-13-29)26-27-24(30)33-16-6-11-21-25-22(28-32-21)19-8-3-2-4-9-19/h2-5,7-10,17H,6,11-16H2,1H3. The predicted octanol–water partition coefficient (Wildman–Crippen LogP) is 4.19. The number of benzene rings is 2. The normalized spacial score (nSPS) is 14.0. The summed E-state index contributed by atoms with van der Waals surface area (Å²) in [4.78, 5) is 6.77. The van der Waals surface area contributed by atoms with Crippen molar-refractivity contribution in [1.29, 1.82) is 0 Å². The average Bonchev–Trinajstić information content (AvgIpc) is 3.50. The third-order valence-electron chi connectivity index (χ3n) is 5.44. The molecule has 33 heavy (non-hydrogen) atoms. The average molecular weight is 463 g/mol. The third kappa shape index (κ3) is 5.09. The first-order valence-corrected chi connectivity index (χ1v) is 12.1. The molecule has 3 heterocycles. The summed E-state index contributed by atoms with van der Waals surface area (Å²) in [6.45, 7) is 5.14. The van der Waals surface area contributed by atoms with Crippen LogP contribution in [0.3, 0.4) is 0 Å². The van der Waals surface area contributed by atoms with E-state index >= 15 is 0 Å². The monoisotopic (exact) mass is 462 g/mol. The lowest BCUT2D eigenvalue weighted by molar-refractivity contribution is 0.122. The Morgan fingerprint density at radius 3 is 2.67 bits per heavy atom. The Bertz CT molecular complexity index is 1190. The van der Waals surface area contributed by atoms with Crippen LogP contribution >= 0.6 is 11.8 Å². The predicted molar refractivity (Wildman–Crippen MR) is 128 cm³/mol. The molecule has 0 radical (unpaired) electrons. The van der Waals surface area contributed by atoms with Gasteiger partial charge in [-0.05, 0) is 31.0 Å². The number of anilines is 1. The molecule has 4 aromatic rings. The van der Waals surface area contributed by atoms with Gasteiger partial charge in [-0.3, -0.25) is 4.57 Å². The first-order chi connectivity index (χ1) is 16.3. The summed E-state index contributed by atoms with van der Waals surface area (Å²) in [6, 6.07) is 18.3. The Hall–Kier alpha value is -3.17. The van der Waals surface area contributed by atoms with Gasteiger partial charge in [0.25, 0.3) is 0 Å². The van der Waals surface area contributed by atoms with Gasteiger partial charge in [0.05, 0.1) is 18.9 Å². The molecule has 0 N–H and O–H groups in total. The molecule has 1 fully saturated rings. The van der Waals surface area contributed by atoms with E-state index in [0.29, 0.717) is 24.9 Å². The first kappa shape index (κ1) is 21.7. The van der Waals surface area contributed by atoms with Crippen LogP contribution < -0.4 is 4.90 Å². The van der Waals surface area contributed by atoms with Crippen molar-refractivity contribution in [2.75, 3.05) is 37.0 Å². The molecule has 8 nitrogen and oxygen atoms in total. The molecule has 170 valence electrons. The molecule has 1 aliphatic heterocycles. The number of ether oxygens (including phenoxy) is 1. The van der Waals surface area contributed by atoms with Crippen LogP contribution in [0.15, 0.2) is 64.3 Å². The highest BCUT2D eigenvalue weighted by Gasteiger charge is 2.22. The van der Waals surface area contributed by atoms with Gasteiger partial charge >= 0.3 is 0 Å². The number of rotatable bonds is 8.